The summed E-state index contributed by atoms with van der Waals surface area (Å²) in [5.41, 5.74) is -1.96. The summed E-state index contributed by atoms with van der Waals surface area (Å²) in [7, 11) is -4.23. The number of nitrogens with one attached hydrogen (secondary N) is 2. The van der Waals surface area contributed by atoms with Gasteiger partial charge in [0, 0.05) is 0 Å². The van der Waals surface area contributed by atoms with E-state index in [-0.39, 0.29) is 0 Å². The highest BCUT2D eigenvalue weighted by Gasteiger charge is 2.31. The van der Waals surface area contributed by atoms with Crippen molar-refractivity contribution in [2.75, 3.05) is 4.72 Å². The second kappa shape index (κ2) is 4.78. The number of aromatic amines is 1. The highest BCUT2D eigenvalue weighted by molar-refractivity contribution is 7.92. The summed E-state index contributed by atoms with van der Waals surface area (Å²) in [6, 6.07) is 1.43. The lowest BCUT2D eigenvalue weighted by molar-refractivity contribution is -0.137. The average molecular weight is 309 g/mol. The molecule has 2 aromatic rings. The van der Waals surface area contributed by atoms with Crippen molar-refractivity contribution in [2.45, 2.75) is 11.2 Å². The summed E-state index contributed by atoms with van der Waals surface area (Å²) in [5.74, 6) is -1.12. The van der Waals surface area contributed by atoms with Crippen LogP contribution in [0.1, 0.15) is 5.56 Å². The fraction of sp³-hybridized carbons (Fsp3) is 0.100. The van der Waals surface area contributed by atoms with E-state index >= 15 is 0 Å². The summed E-state index contributed by atoms with van der Waals surface area (Å²) in [4.78, 5) is 5.72. The molecule has 0 radical (unpaired) electrons. The number of hydrogen-bond acceptors (Lipinski definition) is 3. The second-order valence-corrected chi connectivity index (χ2v) is 5.36. The van der Waals surface area contributed by atoms with E-state index in [1.807, 2.05) is 0 Å². The Bertz CT molecular complexity index is 711. The molecule has 1 aromatic carbocycles. The number of alkyl halides is 3. The maximum atomic E-state index is 13.4. The van der Waals surface area contributed by atoms with Gasteiger partial charge in [0.1, 0.15) is 5.82 Å². The maximum Gasteiger partial charge on any atom is 0.416 e. The molecule has 0 aliphatic carbocycles. The minimum absolute atomic E-state index is 0.378. The molecular weight excluding hydrogens is 302 g/mol. The van der Waals surface area contributed by atoms with E-state index in [2.05, 4.69) is 9.97 Å². The van der Waals surface area contributed by atoms with Crippen molar-refractivity contribution < 1.29 is 26.0 Å². The highest BCUT2D eigenvalue weighted by Crippen LogP contribution is 2.32. The third-order valence-corrected chi connectivity index (χ3v) is 3.59. The summed E-state index contributed by atoms with van der Waals surface area (Å²) in [6.07, 6.45) is -2.70. The zero-order valence-electron chi connectivity index (χ0n) is 9.57. The molecule has 2 rings (SSSR count). The Morgan fingerprint density at radius 3 is 2.50 bits per heavy atom. The third-order valence-electron chi connectivity index (χ3n) is 2.30. The van der Waals surface area contributed by atoms with Crippen molar-refractivity contribution in [3.63, 3.8) is 0 Å². The Kier molecular flexibility index (Phi) is 3.42. The lowest BCUT2D eigenvalue weighted by atomic mass is 10.2. The molecule has 0 amide bonds. The molecule has 0 aliphatic heterocycles. The van der Waals surface area contributed by atoms with Crippen LogP contribution in [0.3, 0.4) is 0 Å². The van der Waals surface area contributed by atoms with E-state index in [1.165, 1.54) is 0 Å². The van der Waals surface area contributed by atoms with Crippen molar-refractivity contribution in [3.05, 3.63) is 42.1 Å². The van der Waals surface area contributed by atoms with Gasteiger partial charge in [-0.15, -0.1) is 0 Å². The quantitative estimate of drug-likeness (QED) is 0.855. The fourth-order valence-electron chi connectivity index (χ4n) is 1.37. The number of rotatable bonds is 3. The zero-order chi connectivity index (χ0) is 15.0. The van der Waals surface area contributed by atoms with Crippen molar-refractivity contribution in [3.8, 4) is 0 Å². The van der Waals surface area contributed by atoms with Crippen LogP contribution in [0.2, 0.25) is 0 Å². The monoisotopic (exact) mass is 309 g/mol. The number of H-pyrrole nitrogens is 1. The number of sulfonamides is 1. The number of hydrogen-bond donors (Lipinski definition) is 2. The number of imidazole rings is 1. The lowest BCUT2D eigenvalue weighted by Crippen LogP contribution is -2.15. The molecule has 0 aliphatic rings. The smallest absolute Gasteiger partial charge is 0.334 e. The summed E-state index contributed by atoms with van der Waals surface area (Å²) in [5, 5.41) is -0.394. The first-order chi connectivity index (χ1) is 9.20. The molecule has 0 saturated carbocycles. The van der Waals surface area contributed by atoms with E-state index in [4.69, 9.17) is 0 Å². The molecule has 2 N–H and O–H groups in total. The number of halogens is 4. The first-order valence-electron chi connectivity index (χ1n) is 5.08. The molecule has 1 aromatic heterocycles. The van der Waals surface area contributed by atoms with E-state index < -0.39 is 38.3 Å². The highest BCUT2D eigenvalue weighted by atomic mass is 32.2. The number of nitrogens with zero attached hydrogens (tertiary/aromatic N) is 1. The van der Waals surface area contributed by atoms with Crippen LogP contribution in [0.15, 0.2) is 35.7 Å². The lowest BCUT2D eigenvalue weighted by Gasteiger charge is -2.11. The SMILES string of the molecule is O=S(=O)(Nc1cc(C(F)(F)F)ccc1F)c1cnc[nH]1. The van der Waals surface area contributed by atoms with Crippen LogP contribution in [-0.2, 0) is 16.2 Å². The Balaban J connectivity index is 2.39. The van der Waals surface area contributed by atoms with Crippen molar-refractivity contribution >= 4 is 15.7 Å². The molecule has 10 heteroatoms. The van der Waals surface area contributed by atoms with Crippen molar-refractivity contribution in [2.24, 2.45) is 0 Å². The number of aromatic nitrogens is 2. The van der Waals surface area contributed by atoms with Crippen LogP contribution < -0.4 is 4.72 Å². The van der Waals surface area contributed by atoms with E-state index in [9.17, 15) is 26.0 Å². The minimum Gasteiger partial charge on any atom is -0.334 e. The van der Waals surface area contributed by atoms with E-state index in [0.717, 1.165) is 12.5 Å². The van der Waals surface area contributed by atoms with Crippen molar-refractivity contribution in [1.29, 1.82) is 0 Å². The predicted molar refractivity (Wildman–Crippen MR) is 60.8 cm³/mol. The van der Waals surface area contributed by atoms with Crippen LogP contribution >= 0.6 is 0 Å². The van der Waals surface area contributed by atoms with Crippen LogP contribution in [0, 0.1) is 5.82 Å². The number of benzene rings is 1. The van der Waals surface area contributed by atoms with Gasteiger partial charge in [0.25, 0.3) is 10.0 Å². The van der Waals surface area contributed by atoms with Gasteiger partial charge in [-0.1, -0.05) is 0 Å². The van der Waals surface area contributed by atoms with E-state index in [1.54, 1.807) is 4.72 Å². The molecule has 5 nitrogen and oxygen atoms in total. The Morgan fingerprint density at radius 2 is 1.95 bits per heavy atom. The molecule has 108 valence electrons. The average Bonchev–Trinajstić information content (AvgIpc) is 2.84. The molecule has 20 heavy (non-hydrogen) atoms. The normalized spacial score (nSPS) is 12.4. The maximum absolute atomic E-state index is 13.4. The largest absolute Gasteiger partial charge is 0.416 e. The van der Waals surface area contributed by atoms with Gasteiger partial charge in [-0.3, -0.25) is 4.72 Å². The topological polar surface area (TPSA) is 74.8 Å². The molecule has 0 atom stereocenters. The third kappa shape index (κ3) is 2.90. The number of anilines is 1. The summed E-state index contributed by atoms with van der Waals surface area (Å²) < 4.78 is 76.1. The van der Waals surface area contributed by atoms with Gasteiger partial charge in [-0.25, -0.2) is 9.37 Å². The fourth-order valence-corrected chi connectivity index (χ4v) is 2.33. The van der Waals surface area contributed by atoms with Gasteiger partial charge in [0.05, 0.1) is 23.8 Å². The van der Waals surface area contributed by atoms with Crippen LogP contribution in [-0.4, -0.2) is 18.4 Å². The van der Waals surface area contributed by atoms with Gasteiger partial charge in [0.2, 0.25) is 0 Å². The van der Waals surface area contributed by atoms with E-state index in [0.29, 0.717) is 18.2 Å². The second-order valence-electron chi connectivity index (χ2n) is 3.71. The van der Waals surface area contributed by atoms with Gasteiger partial charge in [-0.2, -0.15) is 21.6 Å². The van der Waals surface area contributed by atoms with Crippen LogP contribution in [0.25, 0.3) is 0 Å². The molecule has 0 saturated heterocycles. The minimum atomic E-state index is -4.71. The molecular formula is C10H7F4N3O2S. The summed E-state index contributed by atoms with van der Waals surface area (Å²) in [6.45, 7) is 0. The van der Waals surface area contributed by atoms with Crippen LogP contribution in [0.4, 0.5) is 23.2 Å². The van der Waals surface area contributed by atoms with Crippen LogP contribution in [0.5, 0.6) is 0 Å². The zero-order valence-corrected chi connectivity index (χ0v) is 10.4. The Labute approximate surface area is 110 Å². The Morgan fingerprint density at radius 1 is 1.25 bits per heavy atom. The molecule has 0 fully saturated rings. The van der Waals surface area contributed by atoms with Gasteiger partial charge < -0.3 is 4.98 Å². The standard InChI is InChI=1S/C10H7F4N3O2S/c11-7-2-1-6(10(12,13)14)3-8(7)17-20(18,19)9-4-15-5-16-9/h1-5,17H,(H,15,16). The molecule has 0 bridgehead atoms. The van der Waals surface area contributed by atoms with Gasteiger partial charge >= 0.3 is 6.18 Å². The first-order valence-corrected chi connectivity index (χ1v) is 6.56. The predicted octanol–water partition coefficient (Wildman–Crippen LogP) is 2.37. The first kappa shape index (κ1) is 14.3. The Hall–Kier alpha value is -2.10. The molecule has 1 heterocycles. The summed E-state index contributed by atoms with van der Waals surface area (Å²) >= 11 is 0. The van der Waals surface area contributed by atoms with Gasteiger partial charge in [0.15, 0.2) is 5.03 Å². The molecule has 0 unspecified atom stereocenters. The molecule has 0 spiro atoms. The van der Waals surface area contributed by atoms with Crippen molar-refractivity contribution in [1.82, 2.24) is 9.97 Å². The van der Waals surface area contributed by atoms with Gasteiger partial charge in [-0.05, 0) is 18.2 Å².